The highest BCUT2D eigenvalue weighted by molar-refractivity contribution is 6.06. The third-order valence-electron chi connectivity index (χ3n) is 3.45. The SMILES string of the molecule is CC(C)(C)OC(=O)C=Cc1ccc(C=CC(=O)c2ccc(CO)cc2)cn1. The van der Waals surface area contributed by atoms with Gasteiger partial charge in [0, 0.05) is 17.8 Å². The predicted molar refractivity (Wildman–Crippen MR) is 105 cm³/mol. The molecule has 0 aliphatic carbocycles. The van der Waals surface area contributed by atoms with Crippen molar-refractivity contribution in [3.05, 3.63) is 77.1 Å². The Hall–Kier alpha value is -3.05. The van der Waals surface area contributed by atoms with E-state index in [1.807, 2.05) is 0 Å². The maximum absolute atomic E-state index is 12.1. The molecule has 0 atom stereocenters. The van der Waals surface area contributed by atoms with E-state index in [0.717, 1.165) is 11.1 Å². The van der Waals surface area contributed by atoms with Gasteiger partial charge in [0.25, 0.3) is 0 Å². The van der Waals surface area contributed by atoms with Crippen molar-refractivity contribution in [2.75, 3.05) is 0 Å². The van der Waals surface area contributed by atoms with Crippen molar-refractivity contribution in [1.29, 1.82) is 0 Å². The van der Waals surface area contributed by atoms with Crippen LogP contribution in [0.15, 0.2) is 54.7 Å². The highest BCUT2D eigenvalue weighted by Gasteiger charge is 2.13. The Balaban J connectivity index is 1.97. The number of carbonyl (C=O) groups is 2. The molecule has 2 aromatic rings. The van der Waals surface area contributed by atoms with E-state index in [9.17, 15) is 9.59 Å². The number of esters is 1. The Bertz CT molecular complexity index is 841. The Morgan fingerprint density at radius 1 is 1.04 bits per heavy atom. The second-order valence-electron chi connectivity index (χ2n) is 6.94. The van der Waals surface area contributed by atoms with Crippen LogP contribution < -0.4 is 0 Å². The molecule has 0 saturated heterocycles. The molecule has 5 nitrogen and oxygen atoms in total. The maximum Gasteiger partial charge on any atom is 0.331 e. The number of carbonyl (C=O) groups excluding carboxylic acids is 2. The van der Waals surface area contributed by atoms with Crippen LogP contribution in [0.4, 0.5) is 0 Å². The van der Waals surface area contributed by atoms with Crippen LogP contribution in [0.2, 0.25) is 0 Å². The summed E-state index contributed by atoms with van der Waals surface area (Å²) in [5.74, 6) is -0.556. The summed E-state index contributed by atoms with van der Waals surface area (Å²) < 4.78 is 5.19. The van der Waals surface area contributed by atoms with Gasteiger partial charge in [0.05, 0.1) is 12.3 Å². The molecule has 1 aromatic carbocycles. The molecule has 0 fully saturated rings. The number of nitrogens with zero attached hydrogens (tertiary/aromatic N) is 1. The summed E-state index contributed by atoms with van der Waals surface area (Å²) in [6, 6.07) is 10.4. The van der Waals surface area contributed by atoms with Crippen LogP contribution in [0.5, 0.6) is 0 Å². The van der Waals surface area contributed by atoms with Crippen molar-refractivity contribution in [2.24, 2.45) is 0 Å². The number of allylic oxidation sites excluding steroid dienone is 1. The van der Waals surface area contributed by atoms with Gasteiger partial charge in [-0.05, 0) is 56.2 Å². The minimum atomic E-state index is -0.533. The van der Waals surface area contributed by atoms with Gasteiger partial charge in [-0.15, -0.1) is 0 Å². The topological polar surface area (TPSA) is 76.5 Å². The molecular weight excluding hydrogens is 342 g/mol. The molecule has 0 saturated carbocycles. The molecule has 0 aliphatic rings. The first-order chi connectivity index (χ1) is 12.8. The van der Waals surface area contributed by atoms with Crippen LogP contribution >= 0.6 is 0 Å². The number of pyridine rings is 1. The Morgan fingerprint density at radius 3 is 2.30 bits per heavy atom. The van der Waals surface area contributed by atoms with E-state index in [1.54, 1.807) is 75.5 Å². The number of aliphatic hydroxyl groups excluding tert-OH is 1. The van der Waals surface area contributed by atoms with E-state index in [4.69, 9.17) is 9.84 Å². The quantitative estimate of drug-likeness (QED) is 0.478. The molecule has 0 unspecified atom stereocenters. The largest absolute Gasteiger partial charge is 0.457 e. The summed E-state index contributed by atoms with van der Waals surface area (Å²) in [5, 5.41) is 9.02. The highest BCUT2D eigenvalue weighted by Crippen LogP contribution is 2.10. The zero-order valence-electron chi connectivity index (χ0n) is 15.7. The second kappa shape index (κ2) is 9.05. The predicted octanol–water partition coefficient (Wildman–Crippen LogP) is 3.82. The summed E-state index contributed by atoms with van der Waals surface area (Å²) in [5.41, 5.74) is 2.16. The summed E-state index contributed by atoms with van der Waals surface area (Å²) in [7, 11) is 0. The number of aliphatic hydroxyl groups is 1. The lowest BCUT2D eigenvalue weighted by Crippen LogP contribution is -2.22. The van der Waals surface area contributed by atoms with Gasteiger partial charge in [-0.25, -0.2) is 4.79 Å². The van der Waals surface area contributed by atoms with Crippen molar-refractivity contribution in [3.8, 4) is 0 Å². The first-order valence-electron chi connectivity index (χ1n) is 8.56. The van der Waals surface area contributed by atoms with E-state index in [0.29, 0.717) is 11.3 Å². The van der Waals surface area contributed by atoms with E-state index in [1.165, 1.54) is 12.2 Å². The maximum atomic E-state index is 12.1. The fraction of sp³-hybridized carbons (Fsp3) is 0.227. The monoisotopic (exact) mass is 365 g/mol. The standard InChI is InChI=1S/C22H23NO4/c1-22(2,3)27-21(26)13-11-19-10-6-16(14-23-19)7-12-20(25)18-8-4-17(15-24)5-9-18/h4-14,24H,15H2,1-3H3. The number of benzene rings is 1. The van der Waals surface area contributed by atoms with E-state index in [-0.39, 0.29) is 12.4 Å². The van der Waals surface area contributed by atoms with Gasteiger partial charge in [0.15, 0.2) is 5.78 Å². The van der Waals surface area contributed by atoms with Crippen LogP contribution in [0.25, 0.3) is 12.2 Å². The minimum absolute atomic E-state index is 0.0509. The summed E-state index contributed by atoms with van der Waals surface area (Å²) >= 11 is 0. The van der Waals surface area contributed by atoms with E-state index in [2.05, 4.69) is 4.98 Å². The van der Waals surface area contributed by atoms with E-state index >= 15 is 0 Å². The van der Waals surface area contributed by atoms with Gasteiger partial charge < -0.3 is 9.84 Å². The van der Waals surface area contributed by atoms with Crippen molar-refractivity contribution in [1.82, 2.24) is 4.98 Å². The number of rotatable bonds is 6. The number of ether oxygens (including phenoxy) is 1. The van der Waals surface area contributed by atoms with Crippen molar-refractivity contribution in [2.45, 2.75) is 33.0 Å². The van der Waals surface area contributed by atoms with Crippen molar-refractivity contribution >= 4 is 23.9 Å². The lowest BCUT2D eigenvalue weighted by Gasteiger charge is -2.17. The molecule has 0 aliphatic heterocycles. The van der Waals surface area contributed by atoms with Gasteiger partial charge in [-0.3, -0.25) is 9.78 Å². The fourth-order valence-corrected chi connectivity index (χ4v) is 2.15. The van der Waals surface area contributed by atoms with Crippen molar-refractivity contribution < 1.29 is 19.4 Å². The molecule has 0 radical (unpaired) electrons. The average molecular weight is 365 g/mol. The van der Waals surface area contributed by atoms with Gasteiger partial charge in [-0.1, -0.05) is 30.3 Å². The van der Waals surface area contributed by atoms with Gasteiger partial charge >= 0.3 is 5.97 Å². The van der Waals surface area contributed by atoms with Crippen LogP contribution in [-0.2, 0) is 16.1 Å². The summed E-state index contributed by atoms with van der Waals surface area (Å²) in [6.07, 6.45) is 7.68. The molecule has 0 amide bonds. The zero-order valence-corrected chi connectivity index (χ0v) is 15.7. The lowest BCUT2D eigenvalue weighted by molar-refractivity contribution is -0.148. The first-order valence-corrected chi connectivity index (χ1v) is 8.56. The number of aromatic nitrogens is 1. The lowest BCUT2D eigenvalue weighted by atomic mass is 10.1. The Morgan fingerprint density at radius 2 is 1.74 bits per heavy atom. The molecule has 1 N–H and O–H groups in total. The Kier molecular flexibility index (Phi) is 6.79. The third kappa shape index (κ3) is 6.99. The van der Waals surface area contributed by atoms with Gasteiger partial charge in [0.1, 0.15) is 5.60 Å². The normalized spacial score (nSPS) is 11.9. The second-order valence-corrected chi connectivity index (χ2v) is 6.94. The highest BCUT2D eigenvalue weighted by atomic mass is 16.6. The summed E-state index contributed by atoms with van der Waals surface area (Å²) in [4.78, 5) is 28.0. The molecule has 5 heteroatoms. The molecule has 27 heavy (non-hydrogen) atoms. The molecule has 1 heterocycles. The van der Waals surface area contributed by atoms with Gasteiger partial charge in [-0.2, -0.15) is 0 Å². The average Bonchev–Trinajstić information content (AvgIpc) is 2.64. The Labute approximate surface area is 159 Å². The molecule has 0 bridgehead atoms. The number of hydrogen-bond donors (Lipinski definition) is 1. The molecule has 0 spiro atoms. The number of ketones is 1. The number of hydrogen-bond acceptors (Lipinski definition) is 5. The molecule has 2 rings (SSSR count). The molecule has 140 valence electrons. The fourth-order valence-electron chi connectivity index (χ4n) is 2.15. The minimum Gasteiger partial charge on any atom is -0.457 e. The van der Waals surface area contributed by atoms with E-state index < -0.39 is 11.6 Å². The van der Waals surface area contributed by atoms with Crippen LogP contribution in [0.3, 0.4) is 0 Å². The smallest absolute Gasteiger partial charge is 0.331 e. The van der Waals surface area contributed by atoms with Crippen LogP contribution in [0, 0.1) is 0 Å². The molecular formula is C22H23NO4. The van der Waals surface area contributed by atoms with Crippen LogP contribution in [0.1, 0.15) is 48.0 Å². The molecule has 1 aromatic heterocycles. The van der Waals surface area contributed by atoms with Crippen LogP contribution in [-0.4, -0.2) is 27.4 Å². The van der Waals surface area contributed by atoms with Gasteiger partial charge in [0.2, 0.25) is 0 Å². The first kappa shape index (κ1) is 20.3. The summed E-state index contributed by atoms with van der Waals surface area (Å²) in [6.45, 7) is 5.37. The third-order valence-corrected chi connectivity index (χ3v) is 3.45. The van der Waals surface area contributed by atoms with Crippen molar-refractivity contribution in [3.63, 3.8) is 0 Å². The zero-order chi connectivity index (χ0) is 19.9.